The summed E-state index contributed by atoms with van der Waals surface area (Å²) in [7, 11) is 0. The summed E-state index contributed by atoms with van der Waals surface area (Å²) in [4.78, 5) is 22.9. The van der Waals surface area contributed by atoms with Crippen LogP contribution < -0.4 is 16.4 Å². The summed E-state index contributed by atoms with van der Waals surface area (Å²) >= 11 is 0. The van der Waals surface area contributed by atoms with E-state index in [1.54, 1.807) is 6.07 Å². The van der Waals surface area contributed by atoms with Crippen LogP contribution in [0.5, 0.6) is 0 Å². The molecule has 1 aromatic rings. The third-order valence-electron chi connectivity index (χ3n) is 2.45. The fourth-order valence-corrected chi connectivity index (χ4v) is 1.43. The van der Waals surface area contributed by atoms with Gasteiger partial charge in [-0.05, 0) is 23.6 Å². The molecule has 98 valence electrons. The summed E-state index contributed by atoms with van der Waals surface area (Å²) < 4.78 is 0. The zero-order valence-corrected chi connectivity index (χ0v) is 10.7. The van der Waals surface area contributed by atoms with Gasteiger partial charge in [0, 0.05) is 18.8 Å². The third kappa shape index (κ3) is 4.18. The topological polar surface area (TPSA) is 84.2 Å². The largest absolute Gasteiger partial charge is 0.347 e. The summed E-state index contributed by atoms with van der Waals surface area (Å²) in [6.45, 7) is 4.73. The van der Waals surface area contributed by atoms with Gasteiger partial charge in [-0.25, -0.2) is 0 Å². The summed E-state index contributed by atoms with van der Waals surface area (Å²) in [6.07, 6.45) is 0. The van der Waals surface area contributed by atoms with Crippen molar-refractivity contribution >= 4 is 17.5 Å². The molecule has 0 aliphatic heterocycles. The first-order valence-electron chi connectivity index (χ1n) is 5.93. The monoisotopic (exact) mass is 249 g/mol. The fourth-order valence-electron chi connectivity index (χ4n) is 1.43. The number of nitrogens with two attached hydrogens (primary N) is 1. The summed E-state index contributed by atoms with van der Waals surface area (Å²) in [5, 5.41) is 4.97. The Labute approximate surface area is 107 Å². The molecular formula is C13H19N3O2. The van der Waals surface area contributed by atoms with Crippen LogP contribution in [0.3, 0.4) is 0 Å². The van der Waals surface area contributed by atoms with E-state index >= 15 is 0 Å². The van der Waals surface area contributed by atoms with E-state index in [1.165, 1.54) is 0 Å². The molecule has 5 heteroatoms. The van der Waals surface area contributed by atoms with Crippen LogP contribution >= 0.6 is 0 Å². The van der Waals surface area contributed by atoms with E-state index < -0.39 is 11.8 Å². The molecule has 0 radical (unpaired) electrons. The lowest BCUT2D eigenvalue weighted by Gasteiger charge is -2.09. The highest BCUT2D eigenvalue weighted by Gasteiger charge is 2.12. The fraction of sp³-hybridized carbons (Fsp3) is 0.385. The zero-order chi connectivity index (χ0) is 13.5. The van der Waals surface area contributed by atoms with Gasteiger partial charge >= 0.3 is 11.8 Å². The van der Waals surface area contributed by atoms with Gasteiger partial charge in [0.25, 0.3) is 0 Å². The maximum atomic E-state index is 11.5. The molecule has 0 saturated carbocycles. The van der Waals surface area contributed by atoms with Crippen molar-refractivity contribution in [3.8, 4) is 0 Å². The molecule has 1 rings (SSSR count). The van der Waals surface area contributed by atoms with Crippen LogP contribution in [-0.4, -0.2) is 24.9 Å². The second-order valence-electron chi connectivity index (χ2n) is 4.28. The first-order chi connectivity index (χ1) is 8.54. The van der Waals surface area contributed by atoms with Crippen molar-refractivity contribution in [2.75, 3.05) is 18.4 Å². The van der Waals surface area contributed by atoms with Gasteiger partial charge in [0.15, 0.2) is 0 Å². The number of carbonyl (C=O) groups excluding carboxylic acids is 2. The van der Waals surface area contributed by atoms with Gasteiger partial charge in [0.05, 0.1) is 0 Å². The molecule has 1 aromatic carbocycles. The Bertz CT molecular complexity index is 430. The minimum absolute atomic E-state index is 0.290. The van der Waals surface area contributed by atoms with Crippen LogP contribution in [0.1, 0.15) is 25.3 Å². The van der Waals surface area contributed by atoms with Gasteiger partial charge in [0.2, 0.25) is 0 Å². The zero-order valence-electron chi connectivity index (χ0n) is 10.7. The van der Waals surface area contributed by atoms with Gasteiger partial charge < -0.3 is 16.4 Å². The standard InChI is InChI=1S/C13H19N3O2/c1-9(2)10-4-3-5-11(8-10)16-13(18)12(17)15-7-6-14/h3-5,8-9H,6-7,14H2,1-2H3,(H,15,17)(H,16,18). The second kappa shape index (κ2) is 6.76. The molecule has 0 heterocycles. The maximum absolute atomic E-state index is 11.5. The Morgan fingerprint density at radius 3 is 2.61 bits per heavy atom. The molecule has 0 aromatic heterocycles. The number of rotatable bonds is 4. The quantitative estimate of drug-likeness (QED) is 0.691. The number of benzene rings is 1. The van der Waals surface area contributed by atoms with E-state index in [1.807, 2.05) is 18.2 Å². The second-order valence-corrected chi connectivity index (χ2v) is 4.28. The molecule has 18 heavy (non-hydrogen) atoms. The SMILES string of the molecule is CC(C)c1cccc(NC(=O)C(=O)NCCN)c1. The molecule has 4 N–H and O–H groups in total. The molecule has 0 aliphatic rings. The Hall–Kier alpha value is -1.88. The summed E-state index contributed by atoms with van der Waals surface area (Å²) in [5.74, 6) is -0.979. The lowest BCUT2D eigenvalue weighted by Crippen LogP contribution is -2.37. The molecule has 0 unspecified atom stereocenters. The first kappa shape index (κ1) is 14.2. The minimum atomic E-state index is -0.677. The van der Waals surface area contributed by atoms with E-state index in [0.29, 0.717) is 18.2 Å². The van der Waals surface area contributed by atoms with Gasteiger partial charge in [0.1, 0.15) is 0 Å². The summed E-state index contributed by atoms with van der Waals surface area (Å²) in [5.41, 5.74) is 6.96. The predicted molar refractivity (Wildman–Crippen MR) is 71.2 cm³/mol. The highest BCUT2D eigenvalue weighted by Crippen LogP contribution is 2.18. The minimum Gasteiger partial charge on any atom is -0.347 e. The maximum Gasteiger partial charge on any atom is 0.313 e. The molecule has 0 saturated heterocycles. The number of hydrogen-bond acceptors (Lipinski definition) is 3. The average molecular weight is 249 g/mol. The Morgan fingerprint density at radius 1 is 1.28 bits per heavy atom. The van der Waals surface area contributed by atoms with Crippen LogP contribution in [0, 0.1) is 0 Å². The molecule has 0 aliphatic carbocycles. The summed E-state index contributed by atoms with van der Waals surface area (Å²) in [6, 6.07) is 7.44. The Balaban J connectivity index is 2.64. The lowest BCUT2D eigenvalue weighted by atomic mass is 10.0. The molecule has 2 amide bonds. The normalized spacial score (nSPS) is 10.2. The van der Waals surface area contributed by atoms with Crippen LogP contribution in [0.25, 0.3) is 0 Å². The van der Waals surface area contributed by atoms with Crippen LogP contribution in [-0.2, 0) is 9.59 Å². The molecule has 5 nitrogen and oxygen atoms in total. The van der Waals surface area contributed by atoms with Gasteiger partial charge in [-0.3, -0.25) is 9.59 Å². The van der Waals surface area contributed by atoms with Crippen molar-refractivity contribution in [2.24, 2.45) is 5.73 Å². The number of amides is 2. The van der Waals surface area contributed by atoms with E-state index in [4.69, 9.17) is 5.73 Å². The van der Waals surface area contributed by atoms with Crippen molar-refractivity contribution in [3.63, 3.8) is 0 Å². The van der Waals surface area contributed by atoms with Crippen LogP contribution in [0.4, 0.5) is 5.69 Å². The third-order valence-corrected chi connectivity index (χ3v) is 2.45. The van der Waals surface area contributed by atoms with Crippen molar-refractivity contribution in [1.82, 2.24) is 5.32 Å². The van der Waals surface area contributed by atoms with Gasteiger partial charge in [-0.1, -0.05) is 26.0 Å². The molecular weight excluding hydrogens is 230 g/mol. The highest BCUT2D eigenvalue weighted by molar-refractivity contribution is 6.39. The van der Waals surface area contributed by atoms with Gasteiger partial charge in [-0.15, -0.1) is 0 Å². The van der Waals surface area contributed by atoms with Crippen molar-refractivity contribution in [2.45, 2.75) is 19.8 Å². The molecule has 0 bridgehead atoms. The number of hydrogen-bond donors (Lipinski definition) is 3. The van der Waals surface area contributed by atoms with E-state index in [-0.39, 0.29) is 6.54 Å². The Kier molecular flexibility index (Phi) is 5.32. The van der Waals surface area contributed by atoms with Crippen molar-refractivity contribution in [3.05, 3.63) is 29.8 Å². The molecule has 0 atom stereocenters. The molecule has 0 spiro atoms. The smallest absolute Gasteiger partial charge is 0.313 e. The van der Waals surface area contributed by atoms with Gasteiger partial charge in [-0.2, -0.15) is 0 Å². The number of carbonyl (C=O) groups is 2. The van der Waals surface area contributed by atoms with E-state index in [9.17, 15) is 9.59 Å². The lowest BCUT2D eigenvalue weighted by molar-refractivity contribution is -0.136. The number of anilines is 1. The predicted octanol–water partition coefficient (Wildman–Crippen LogP) is 0.823. The van der Waals surface area contributed by atoms with Crippen LogP contribution in [0.2, 0.25) is 0 Å². The Morgan fingerprint density at radius 2 is 2.00 bits per heavy atom. The highest BCUT2D eigenvalue weighted by atomic mass is 16.2. The average Bonchev–Trinajstić information content (AvgIpc) is 2.36. The van der Waals surface area contributed by atoms with Crippen molar-refractivity contribution < 1.29 is 9.59 Å². The van der Waals surface area contributed by atoms with E-state index in [0.717, 1.165) is 5.56 Å². The number of nitrogens with one attached hydrogen (secondary N) is 2. The van der Waals surface area contributed by atoms with Crippen LogP contribution in [0.15, 0.2) is 24.3 Å². The molecule has 0 fully saturated rings. The van der Waals surface area contributed by atoms with E-state index in [2.05, 4.69) is 24.5 Å². The van der Waals surface area contributed by atoms with Crippen molar-refractivity contribution in [1.29, 1.82) is 0 Å². The first-order valence-corrected chi connectivity index (χ1v) is 5.93.